The molecule has 1 atom stereocenters. The Bertz CT molecular complexity index is 441. The average Bonchev–Trinajstić information content (AvgIpc) is 3.03. The number of carbonyl (C=O) groups excluding carboxylic acids is 2. The molecule has 1 rings (SSSR count). The van der Waals surface area contributed by atoms with Gasteiger partial charge in [-0.05, 0) is 19.3 Å². The summed E-state index contributed by atoms with van der Waals surface area (Å²) in [6, 6.07) is 0. The zero-order valence-electron chi connectivity index (χ0n) is 19.1. The molecule has 1 aliphatic heterocycles. The molecule has 0 amide bonds. The summed E-state index contributed by atoms with van der Waals surface area (Å²) in [6.07, 6.45) is 29.9. The highest BCUT2D eigenvalue weighted by Gasteiger charge is 2.31. The third-order valence-electron chi connectivity index (χ3n) is 6.02. The quantitative estimate of drug-likeness (QED) is 0.0888. The van der Waals surface area contributed by atoms with Gasteiger partial charge in [-0.15, -0.1) is 0 Å². The van der Waals surface area contributed by atoms with Crippen LogP contribution in [0.4, 0.5) is 0 Å². The zero-order valence-corrected chi connectivity index (χ0v) is 19.1. The summed E-state index contributed by atoms with van der Waals surface area (Å²) in [5.41, 5.74) is 0. The van der Waals surface area contributed by atoms with Gasteiger partial charge in [-0.1, -0.05) is 122 Å². The molecule has 3 nitrogen and oxygen atoms in total. The zero-order chi connectivity index (χ0) is 21.0. The van der Waals surface area contributed by atoms with E-state index >= 15 is 0 Å². The van der Waals surface area contributed by atoms with Crippen molar-refractivity contribution >= 4 is 11.9 Å². The number of carbonyl (C=O) groups is 2. The molecule has 1 heterocycles. The third-order valence-corrected chi connectivity index (χ3v) is 6.02. The van der Waals surface area contributed by atoms with Gasteiger partial charge in [-0.3, -0.25) is 9.59 Å². The average molecular weight is 407 g/mol. The van der Waals surface area contributed by atoms with E-state index in [4.69, 9.17) is 0 Å². The number of ether oxygens (including phenoxy) is 1. The van der Waals surface area contributed by atoms with Crippen molar-refractivity contribution in [2.75, 3.05) is 0 Å². The molecule has 0 bridgehead atoms. The first-order valence-electron chi connectivity index (χ1n) is 12.6. The number of rotatable bonds is 20. The van der Waals surface area contributed by atoms with Gasteiger partial charge in [-0.25, -0.2) is 0 Å². The summed E-state index contributed by atoms with van der Waals surface area (Å²) in [5, 5.41) is 0. The Balaban J connectivity index is 1.72. The summed E-state index contributed by atoms with van der Waals surface area (Å²) in [7, 11) is 0. The molecule has 1 fully saturated rings. The Morgan fingerprint density at radius 3 is 1.55 bits per heavy atom. The first kappa shape index (κ1) is 25.9. The topological polar surface area (TPSA) is 43.4 Å². The highest BCUT2D eigenvalue weighted by atomic mass is 16.6. The van der Waals surface area contributed by atoms with Crippen molar-refractivity contribution in [3.05, 3.63) is 12.2 Å². The van der Waals surface area contributed by atoms with E-state index < -0.39 is 0 Å². The lowest BCUT2D eigenvalue weighted by Crippen LogP contribution is -2.05. The molecule has 0 radical (unpaired) electrons. The highest BCUT2D eigenvalue weighted by Crippen LogP contribution is 2.20. The highest BCUT2D eigenvalue weighted by molar-refractivity contribution is 5.94. The van der Waals surface area contributed by atoms with Gasteiger partial charge < -0.3 is 4.74 Å². The summed E-state index contributed by atoms with van der Waals surface area (Å²) < 4.78 is 4.56. The van der Waals surface area contributed by atoms with Crippen LogP contribution < -0.4 is 0 Å². The molecule has 1 aliphatic rings. The smallest absolute Gasteiger partial charge is 0.317 e. The number of cyclic esters (lactones) is 2. The van der Waals surface area contributed by atoms with Crippen molar-refractivity contribution in [2.24, 2.45) is 5.92 Å². The molecule has 0 aromatic heterocycles. The molecule has 0 aromatic carbocycles. The second-order valence-electron chi connectivity index (χ2n) is 8.85. The van der Waals surface area contributed by atoms with Crippen molar-refractivity contribution in [2.45, 2.75) is 135 Å². The van der Waals surface area contributed by atoms with E-state index in [1.165, 1.54) is 109 Å². The van der Waals surface area contributed by atoms with Crippen LogP contribution in [0.2, 0.25) is 0 Å². The first-order valence-corrected chi connectivity index (χ1v) is 12.6. The fraction of sp³-hybridized carbons (Fsp3) is 0.846. The first-order chi connectivity index (χ1) is 14.2. The molecule has 0 aromatic rings. The van der Waals surface area contributed by atoms with Gasteiger partial charge in [-0.2, -0.15) is 0 Å². The molecule has 3 heteroatoms. The fourth-order valence-corrected chi connectivity index (χ4v) is 4.07. The number of hydrogen-bond acceptors (Lipinski definition) is 3. The lowest BCUT2D eigenvalue weighted by Gasteiger charge is -2.03. The minimum atomic E-state index is -0.374. The molecule has 0 aliphatic carbocycles. The molecule has 0 N–H and O–H groups in total. The minimum absolute atomic E-state index is 0.241. The Labute approximate surface area is 180 Å². The second kappa shape index (κ2) is 18.9. The van der Waals surface area contributed by atoms with Crippen molar-refractivity contribution in [3.8, 4) is 0 Å². The maximum Gasteiger partial charge on any atom is 0.317 e. The summed E-state index contributed by atoms with van der Waals surface area (Å²) in [6.45, 7) is 2.28. The van der Waals surface area contributed by atoms with E-state index in [-0.39, 0.29) is 24.3 Å². The van der Waals surface area contributed by atoms with Crippen molar-refractivity contribution < 1.29 is 14.3 Å². The van der Waals surface area contributed by atoms with Crippen LogP contribution in [-0.4, -0.2) is 11.9 Å². The molecule has 168 valence electrons. The monoisotopic (exact) mass is 406 g/mol. The molecular weight excluding hydrogens is 360 g/mol. The summed E-state index contributed by atoms with van der Waals surface area (Å²) >= 11 is 0. The van der Waals surface area contributed by atoms with Crippen LogP contribution >= 0.6 is 0 Å². The van der Waals surface area contributed by atoms with Gasteiger partial charge in [0, 0.05) is 0 Å². The molecule has 1 saturated heterocycles. The lowest BCUT2D eigenvalue weighted by molar-refractivity contribution is -0.153. The van der Waals surface area contributed by atoms with Gasteiger partial charge in [0.05, 0.1) is 12.3 Å². The Morgan fingerprint density at radius 2 is 1.14 bits per heavy atom. The van der Waals surface area contributed by atoms with Crippen molar-refractivity contribution in [3.63, 3.8) is 0 Å². The van der Waals surface area contributed by atoms with E-state index in [0.29, 0.717) is 6.42 Å². The van der Waals surface area contributed by atoms with Crippen LogP contribution in [0.1, 0.15) is 135 Å². The van der Waals surface area contributed by atoms with Gasteiger partial charge in [0.1, 0.15) is 0 Å². The molecule has 1 unspecified atom stereocenters. The van der Waals surface area contributed by atoms with E-state index in [2.05, 4.69) is 17.7 Å². The van der Waals surface area contributed by atoms with Gasteiger partial charge >= 0.3 is 11.9 Å². The fourth-order valence-electron chi connectivity index (χ4n) is 4.07. The van der Waals surface area contributed by atoms with E-state index in [1.807, 2.05) is 6.08 Å². The van der Waals surface area contributed by atoms with Crippen LogP contribution in [0.5, 0.6) is 0 Å². The number of esters is 2. The van der Waals surface area contributed by atoms with E-state index in [1.54, 1.807) is 0 Å². The number of hydrogen-bond donors (Lipinski definition) is 0. The van der Waals surface area contributed by atoms with Gasteiger partial charge in [0.2, 0.25) is 0 Å². The standard InChI is InChI=1S/C26H46O3/c1-2-3-4-5-6-7-8-9-10-11-12-13-14-15-16-17-18-19-20-21-22-24-23-25(27)29-26(24)28/h20-21,24H,2-19,22-23H2,1H3/b21-20+. The maximum absolute atomic E-state index is 11.3. The van der Waals surface area contributed by atoms with Crippen molar-refractivity contribution in [1.29, 1.82) is 0 Å². The predicted molar refractivity (Wildman–Crippen MR) is 122 cm³/mol. The van der Waals surface area contributed by atoms with Crippen LogP contribution in [-0.2, 0) is 14.3 Å². The van der Waals surface area contributed by atoms with E-state index in [0.717, 1.165) is 6.42 Å². The molecular formula is C26H46O3. The predicted octanol–water partition coefficient (Wildman–Crippen LogP) is 8.06. The molecule has 29 heavy (non-hydrogen) atoms. The largest absolute Gasteiger partial charge is 0.393 e. The Kier molecular flexibility index (Phi) is 16.9. The van der Waals surface area contributed by atoms with Crippen LogP contribution in [0.15, 0.2) is 12.2 Å². The lowest BCUT2D eigenvalue weighted by atomic mass is 10.0. The Hall–Kier alpha value is -1.12. The van der Waals surface area contributed by atoms with Crippen LogP contribution in [0, 0.1) is 5.92 Å². The van der Waals surface area contributed by atoms with Gasteiger partial charge in [0.25, 0.3) is 0 Å². The minimum Gasteiger partial charge on any atom is -0.393 e. The van der Waals surface area contributed by atoms with Crippen molar-refractivity contribution in [1.82, 2.24) is 0 Å². The Morgan fingerprint density at radius 1 is 0.690 bits per heavy atom. The molecule has 0 saturated carbocycles. The number of allylic oxidation sites excluding steroid dienone is 2. The summed E-state index contributed by atoms with van der Waals surface area (Å²) in [4.78, 5) is 22.3. The van der Waals surface area contributed by atoms with E-state index in [9.17, 15) is 9.59 Å². The molecule has 0 spiro atoms. The second-order valence-corrected chi connectivity index (χ2v) is 8.85. The van der Waals surface area contributed by atoms with Crippen LogP contribution in [0.3, 0.4) is 0 Å². The normalized spacial score (nSPS) is 16.8. The maximum atomic E-state index is 11.3. The van der Waals surface area contributed by atoms with Gasteiger partial charge in [0.15, 0.2) is 0 Å². The SMILES string of the molecule is CCCCCCCCCCCCCCCCCCC/C=C/CC1CC(=O)OC1=O. The third kappa shape index (κ3) is 15.4. The van der Waals surface area contributed by atoms with Crippen LogP contribution in [0.25, 0.3) is 0 Å². The summed E-state index contributed by atoms with van der Waals surface area (Å²) in [5.74, 6) is -0.965. The number of unbranched alkanes of at least 4 members (excludes halogenated alkanes) is 17.